The lowest BCUT2D eigenvalue weighted by Crippen LogP contribution is -2.31. The maximum atomic E-state index is 12.0. The second-order valence-corrected chi connectivity index (χ2v) is 12.5. The zero-order chi connectivity index (χ0) is 36.8. The summed E-state index contributed by atoms with van der Waals surface area (Å²) in [6.07, 6.45) is 19.9. The third kappa shape index (κ3) is 38.2. The van der Waals surface area contributed by atoms with Crippen LogP contribution in [0.4, 0.5) is 0 Å². The molecule has 0 saturated carbocycles. The van der Waals surface area contributed by atoms with Crippen molar-refractivity contribution in [2.75, 3.05) is 72.5 Å². The predicted octanol–water partition coefficient (Wildman–Crippen LogP) is 3.42. The van der Waals surface area contributed by atoms with Gasteiger partial charge in [0.2, 0.25) is 17.7 Å². The minimum Gasteiger partial charge on any atom is -0.481 e. The summed E-state index contributed by atoms with van der Waals surface area (Å²) in [5.74, 6) is -1.12. The highest BCUT2D eigenvalue weighted by molar-refractivity contribution is 5.77. The van der Waals surface area contributed by atoms with Crippen LogP contribution in [0.2, 0.25) is 0 Å². The van der Waals surface area contributed by atoms with Crippen LogP contribution in [0.5, 0.6) is 0 Å². The van der Waals surface area contributed by atoms with Gasteiger partial charge < -0.3 is 50.5 Å². The molecule has 0 aliphatic carbocycles. The number of rotatable bonds is 39. The monoisotopic (exact) mass is 716 g/mol. The van der Waals surface area contributed by atoms with E-state index in [2.05, 4.69) is 16.0 Å². The van der Waals surface area contributed by atoms with Crippen LogP contribution in [-0.4, -0.2) is 114 Å². The first-order valence-corrected chi connectivity index (χ1v) is 18.9. The van der Waals surface area contributed by atoms with E-state index in [0.717, 1.165) is 51.2 Å². The maximum Gasteiger partial charge on any atom is 0.303 e. The largest absolute Gasteiger partial charge is 0.481 e. The average molecular weight is 717 g/mol. The Bertz CT molecular complexity index is 850. The number of aldehydes is 1. The molecule has 0 aliphatic rings. The van der Waals surface area contributed by atoms with E-state index in [0.29, 0.717) is 65.3 Å². The quantitative estimate of drug-likeness (QED) is 0.0461. The molecule has 0 aromatic heterocycles. The predicted molar refractivity (Wildman–Crippen MR) is 192 cm³/mol. The fourth-order valence-electron chi connectivity index (χ4n) is 4.97. The SMILES string of the molecule is N[C@H](C=O)CCCCNC(=O)COCCOCCNC(=O)COCCOCCNC(=O)CCCCCCCCCCCCCCCCC(=O)O. The molecular formula is C36H68N4O10. The Labute approximate surface area is 300 Å². The number of hydrogen-bond acceptors (Lipinski definition) is 10. The highest BCUT2D eigenvalue weighted by Gasteiger charge is 2.05. The summed E-state index contributed by atoms with van der Waals surface area (Å²) in [5.41, 5.74) is 5.51. The number of aliphatic carboxylic acids is 1. The lowest BCUT2D eigenvalue weighted by molar-refractivity contribution is -0.137. The summed E-state index contributed by atoms with van der Waals surface area (Å²) < 4.78 is 21.4. The zero-order valence-electron chi connectivity index (χ0n) is 30.6. The van der Waals surface area contributed by atoms with E-state index < -0.39 is 12.0 Å². The zero-order valence-corrected chi connectivity index (χ0v) is 30.6. The molecule has 0 heterocycles. The van der Waals surface area contributed by atoms with Gasteiger partial charge in [0.1, 0.15) is 19.5 Å². The number of nitrogens with two attached hydrogens (primary N) is 1. The molecule has 0 aromatic rings. The molecule has 0 saturated heterocycles. The van der Waals surface area contributed by atoms with Crippen molar-refractivity contribution in [2.24, 2.45) is 5.73 Å². The molecule has 0 spiro atoms. The second-order valence-electron chi connectivity index (χ2n) is 12.5. The summed E-state index contributed by atoms with van der Waals surface area (Å²) >= 11 is 0. The van der Waals surface area contributed by atoms with E-state index in [1.807, 2.05) is 0 Å². The molecule has 292 valence electrons. The minimum absolute atomic E-state index is 0.0458. The Morgan fingerprint density at radius 2 is 0.900 bits per heavy atom. The molecule has 0 bridgehead atoms. The summed E-state index contributed by atoms with van der Waals surface area (Å²) in [5, 5.41) is 16.9. The van der Waals surface area contributed by atoms with Crippen LogP contribution < -0.4 is 21.7 Å². The van der Waals surface area contributed by atoms with Crippen LogP contribution in [0.15, 0.2) is 0 Å². The van der Waals surface area contributed by atoms with Crippen LogP contribution in [0.25, 0.3) is 0 Å². The molecule has 0 fully saturated rings. The molecule has 0 rings (SSSR count). The molecule has 3 amide bonds. The number of carboxylic acids is 1. The van der Waals surface area contributed by atoms with Gasteiger partial charge in [0.15, 0.2) is 0 Å². The smallest absolute Gasteiger partial charge is 0.303 e. The molecular weight excluding hydrogens is 648 g/mol. The van der Waals surface area contributed by atoms with Crippen molar-refractivity contribution in [3.05, 3.63) is 0 Å². The Kier molecular flexibility index (Phi) is 35.6. The average Bonchev–Trinajstić information content (AvgIpc) is 3.09. The van der Waals surface area contributed by atoms with Crippen LogP contribution in [0, 0.1) is 0 Å². The van der Waals surface area contributed by atoms with E-state index in [1.54, 1.807) is 0 Å². The summed E-state index contributed by atoms with van der Waals surface area (Å²) in [7, 11) is 0. The first-order valence-electron chi connectivity index (χ1n) is 18.9. The van der Waals surface area contributed by atoms with Gasteiger partial charge in [0.25, 0.3) is 0 Å². The summed E-state index contributed by atoms with van der Waals surface area (Å²) in [6.45, 7) is 2.99. The number of carboxylic acid groups (broad SMARTS) is 1. The topological polar surface area (TPSA) is 205 Å². The molecule has 1 atom stereocenters. The normalized spacial score (nSPS) is 11.6. The molecule has 0 radical (unpaired) electrons. The van der Waals surface area contributed by atoms with Gasteiger partial charge in [0.05, 0.1) is 45.7 Å². The number of nitrogens with one attached hydrogen (secondary N) is 3. The van der Waals surface area contributed by atoms with Crippen molar-refractivity contribution >= 4 is 30.0 Å². The van der Waals surface area contributed by atoms with Gasteiger partial charge in [-0.25, -0.2) is 0 Å². The van der Waals surface area contributed by atoms with E-state index >= 15 is 0 Å². The number of amides is 3. The standard InChI is InChI=1S/C36H68N4O10/c37-32(29-41)17-15-16-20-38-34(43)30-49-27-26-48-24-22-40-35(44)31-50-28-25-47-23-21-39-33(42)18-13-11-9-7-5-3-1-2-4-6-8-10-12-14-19-36(45)46/h29,32H,1-28,30-31,37H2,(H,38,43)(H,39,42)(H,40,44)(H,45,46)/t32-/m0/s1. The Morgan fingerprint density at radius 3 is 1.36 bits per heavy atom. The fourth-order valence-corrected chi connectivity index (χ4v) is 4.97. The lowest BCUT2D eigenvalue weighted by Gasteiger charge is -2.09. The van der Waals surface area contributed by atoms with Crippen LogP contribution in [0.3, 0.4) is 0 Å². The number of hydrogen-bond donors (Lipinski definition) is 5. The molecule has 50 heavy (non-hydrogen) atoms. The third-order valence-electron chi connectivity index (χ3n) is 7.85. The van der Waals surface area contributed by atoms with Gasteiger partial charge in [-0.2, -0.15) is 0 Å². The second kappa shape index (κ2) is 37.6. The van der Waals surface area contributed by atoms with Gasteiger partial charge in [-0.05, 0) is 32.1 Å². The Hall–Kier alpha value is -2.65. The molecule has 0 aliphatic heterocycles. The van der Waals surface area contributed by atoms with Crippen LogP contribution >= 0.6 is 0 Å². The molecule has 14 heteroatoms. The minimum atomic E-state index is -0.693. The van der Waals surface area contributed by atoms with Crippen molar-refractivity contribution in [3.63, 3.8) is 0 Å². The maximum absolute atomic E-state index is 12.0. The summed E-state index contributed by atoms with van der Waals surface area (Å²) in [6, 6.07) is -0.443. The van der Waals surface area contributed by atoms with E-state index in [4.69, 9.17) is 29.8 Å². The number of ether oxygens (including phenoxy) is 4. The van der Waals surface area contributed by atoms with Gasteiger partial charge in [-0.1, -0.05) is 77.0 Å². The van der Waals surface area contributed by atoms with E-state index in [-0.39, 0.29) is 44.1 Å². The van der Waals surface area contributed by atoms with Gasteiger partial charge in [-0.15, -0.1) is 0 Å². The van der Waals surface area contributed by atoms with Crippen LogP contribution in [-0.2, 0) is 42.9 Å². The van der Waals surface area contributed by atoms with Gasteiger partial charge in [-0.3, -0.25) is 19.2 Å². The molecule has 14 nitrogen and oxygen atoms in total. The lowest BCUT2D eigenvalue weighted by atomic mass is 10.0. The molecule has 6 N–H and O–H groups in total. The van der Waals surface area contributed by atoms with Gasteiger partial charge >= 0.3 is 5.97 Å². The van der Waals surface area contributed by atoms with Crippen molar-refractivity contribution in [1.82, 2.24) is 16.0 Å². The highest BCUT2D eigenvalue weighted by atomic mass is 16.5. The van der Waals surface area contributed by atoms with E-state index in [9.17, 15) is 24.0 Å². The van der Waals surface area contributed by atoms with Crippen LogP contribution in [0.1, 0.15) is 122 Å². The van der Waals surface area contributed by atoms with Crippen molar-refractivity contribution < 1.29 is 48.0 Å². The van der Waals surface area contributed by atoms with Crippen molar-refractivity contribution in [2.45, 2.75) is 128 Å². The van der Waals surface area contributed by atoms with Crippen molar-refractivity contribution in [3.8, 4) is 0 Å². The number of carbonyl (C=O) groups excluding carboxylic acids is 4. The fraction of sp³-hybridized carbons (Fsp3) is 0.861. The first kappa shape index (κ1) is 47.4. The van der Waals surface area contributed by atoms with E-state index in [1.165, 1.54) is 57.8 Å². The third-order valence-corrected chi connectivity index (χ3v) is 7.85. The first-order chi connectivity index (χ1) is 24.3. The summed E-state index contributed by atoms with van der Waals surface area (Å²) in [4.78, 5) is 56.4. The molecule has 0 aromatic carbocycles. The van der Waals surface area contributed by atoms with Crippen molar-refractivity contribution in [1.29, 1.82) is 0 Å². The number of unbranched alkanes of at least 4 members (excludes halogenated alkanes) is 14. The molecule has 0 unspecified atom stereocenters. The Morgan fingerprint density at radius 1 is 0.500 bits per heavy atom. The highest BCUT2D eigenvalue weighted by Crippen LogP contribution is 2.13. The number of carbonyl (C=O) groups is 5. The Balaban J connectivity index is 3.32. The van der Waals surface area contributed by atoms with Gasteiger partial charge in [0, 0.05) is 32.5 Å².